The van der Waals surface area contributed by atoms with Gasteiger partial charge in [-0.25, -0.2) is 0 Å². The van der Waals surface area contributed by atoms with E-state index in [1.54, 1.807) is 16.7 Å². The molecule has 2 heterocycles. The van der Waals surface area contributed by atoms with E-state index in [0.29, 0.717) is 18.1 Å². The van der Waals surface area contributed by atoms with Crippen molar-refractivity contribution >= 4 is 5.70 Å². The third kappa shape index (κ3) is 3.11. The minimum atomic E-state index is 0.165. The molecule has 37 heavy (non-hydrogen) atoms. The topological polar surface area (TPSA) is 6.48 Å². The summed E-state index contributed by atoms with van der Waals surface area (Å²) in [4.78, 5) is 5.00. The monoisotopic (exact) mass is 482 g/mol. The summed E-state index contributed by atoms with van der Waals surface area (Å²) in [5, 5.41) is 0. The van der Waals surface area contributed by atoms with Crippen LogP contribution in [0.4, 0.5) is 0 Å². The number of nitrogens with zero attached hydrogens (tertiary/aromatic N) is 2. The van der Waals surface area contributed by atoms with Crippen LogP contribution < -0.4 is 0 Å². The predicted octanol–water partition coefficient (Wildman–Crippen LogP) is 7.67. The Morgan fingerprint density at radius 2 is 1.76 bits per heavy atom. The SMILES string of the molecule is C/C=C(/c1cc(-c2ccccc2)ccc1CC1=C2C3N4C=CC=CC4c4ccccc4C123)N(C)C(C)C. The fourth-order valence-corrected chi connectivity index (χ4v) is 6.93. The first-order valence-electron chi connectivity index (χ1n) is 13.6. The highest BCUT2D eigenvalue weighted by Gasteiger charge is 2.80. The van der Waals surface area contributed by atoms with E-state index < -0.39 is 0 Å². The molecule has 1 spiro atoms. The second-order valence-electron chi connectivity index (χ2n) is 11.1. The fraction of sp³-hybridized carbons (Fsp3) is 0.257. The minimum absolute atomic E-state index is 0.165. The van der Waals surface area contributed by atoms with Crippen LogP contribution in [0.3, 0.4) is 0 Å². The molecule has 3 atom stereocenters. The van der Waals surface area contributed by atoms with Gasteiger partial charge in [-0.1, -0.05) is 85.0 Å². The Bertz CT molecular complexity index is 1520. The van der Waals surface area contributed by atoms with Gasteiger partial charge < -0.3 is 9.80 Å². The number of fused-ring (bicyclic) bond motifs is 5. The van der Waals surface area contributed by atoms with Crippen LogP contribution in [-0.4, -0.2) is 28.9 Å². The van der Waals surface area contributed by atoms with Gasteiger partial charge in [-0.2, -0.15) is 0 Å². The van der Waals surface area contributed by atoms with Crippen molar-refractivity contribution in [1.29, 1.82) is 0 Å². The Kier molecular flexibility index (Phi) is 4.92. The van der Waals surface area contributed by atoms with Crippen LogP contribution in [-0.2, 0) is 11.8 Å². The van der Waals surface area contributed by atoms with E-state index in [-0.39, 0.29) is 5.41 Å². The maximum atomic E-state index is 2.59. The average molecular weight is 483 g/mol. The van der Waals surface area contributed by atoms with E-state index in [1.165, 1.54) is 33.5 Å². The number of hydrogen-bond donors (Lipinski definition) is 0. The molecule has 2 heteroatoms. The third-order valence-corrected chi connectivity index (χ3v) is 9.04. The first-order valence-corrected chi connectivity index (χ1v) is 13.6. The van der Waals surface area contributed by atoms with Gasteiger partial charge in [0.05, 0.1) is 17.5 Å². The van der Waals surface area contributed by atoms with E-state index in [1.807, 2.05) is 0 Å². The lowest BCUT2D eigenvalue weighted by Gasteiger charge is -2.40. The summed E-state index contributed by atoms with van der Waals surface area (Å²) in [6.07, 6.45) is 12.3. The molecule has 2 aliphatic carbocycles. The second kappa shape index (κ2) is 8.11. The van der Waals surface area contributed by atoms with E-state index in [4.69, 9.17) is 0 Å². The van der Waals surface area contributed by atoms with Crippen molar-refractivity contribution < 1.29 is 0 Å². The van der Waals surface area contributed by atoms with Crippen LogP contribution in [0, 0.1) is 0 Å². The lowest BCUT2D eigenvalue weighted by molar-refractivity contribution is 0.271. The first-order chi connectivity index (χ1) is 18.1. The number of benzene rings is 3. The molecule has 1 saturated carbocycles. The fourth-order valence-electron chi connectivity index (χ4n) is 6.93. The van der Waals surface area contributed by atoms with Crippen molar-refractivity contribution in [2.24, 2.45) is 0 Å². The van der Waals surface area contributed by atoms with Crippen molar-refractivity contribution in [3.05, 3.63) is 137 Å². The Labute approximate surface area is 220 Å². The van der Waals surface area contributed by atoms with Gasteiger partial charge in [0.15, 0.2) is 0 Å². The highest BCUT2D eigenvalue weighted by Crippen LogP contribution is 2.80. The molecule has 3 aromatic carbocycles. The molecule has 4 aliphatic rings. The highest BCUT2D eigenvalue weighted by molar-refractivity contribution is 5.86. The molecule has 0 bridgehead atoms. The molecule has 3 unspecified atom stereocenters. The van der Waals surface area contributed by atoms with E-state index in [0.717, 1.165) is 6.42 Å². The van der Waals surface area contributed by atoms with Gasteiger partial charge in [-0.05, 0) is 78.3 Å². The number of allylic oxidation sites excluding steroid dienone is 3. The normalized spacial score (nSPS) is 24.5. The van der Waals surface area contributed by atoms with Crippen LogP contribution in [0.5, 0.6) is 0 Å². The van der Waals surface area contributed by atoms with Gasteiger partial charge >= 0.3 is 0 Å². The maximum Gasteiger partial charge on any atom is 0.0734 e. The molecular weight excluding hydrogens is 448 g/mol. The van der Waals surface area contributed by atoms with Gasteiger partial charge in [-0.3, -0.25) is 0 Å². The summed E-state index contributed by atoms with van der Waals surface area (Å²) >= 11 is 0. The van der Waals surface area contributed by atoms with Crippen LogP contribution >= 0.6 is 0 Å². The zero-order chi connectivity index (χ0) is 25.3. The molecule has 1 fully saturated rings. The van der Waals surface area contributed by atoms with E-state index in [2.05, 4.69) is 141 Å². The summed E-state index contributed by atoms with van der Waals surface area (Å²) in [6.45, 7) is 6.71. The summed E-state index contributed by atoms with van der Waals surface area (Å²) in [6, 6.07) is 28.4. The molecule has 2 aliphatic heterocycles. The molecule has 7 rings (SSSR count). The summed E-state index contributed by atoms with van der Waals surface area (Å²) < 4.78 is 0. The molecule has 0 amide bonds. The molecule has 184 valence electrons. The molecule has 0 radical (unpaired) electrons. The first kappa shape index (κ1) is 22.4. The van der Waals surface area contributed by atoms with Gasteiger partial charge in [0.25, 0.3) is 0 Å². The molecule has 0 aromatic heterocycles. The molecule has 2 nitrogen and oxygen atoms in total. The van der Waals surface area contributed by atoms with Crippen LogP contribution in [0.25, 0.3) is 16.8 Å². The highest BCUT2D eigenvalue weighted by atomic mass is 15.3. The largest absolute Gasteiger partial charge is 0.372 e. The zero-order valence-corrected chi connectivity index (χ0v) is 22.1. The molecule has 3 aromatic rings. The lowest BCUT2D eigenvalue weighted by atomic mass is 9.81. The Balaban J connectivity index is 1.29. The number of hydrogen-bond acceptors (Lipinski definition) is 2. The second-order valence-corrected chi connectivity index (χ2v) is 11.1. The summed E-state index contributed by atoms with van der Waals surface area (Å²) in [7, 11) is 2.22. The van der Waals surface area contributed by atoms with Crippen molar-refractivity contribution in [3.8, 4) is 11.1 Å². The molecular formula is C35H34N2. The van der Waals surface area contributed by atoms with Gasteiger partial charge in [0.2, 0.25) is 0 Å². The summed E-state index contributed by atoms with van der Waals surface area (Å²) in [5.74, 6) is 0. The summed E-state index contributed by atoms with van der Waals surface area (Å²) in [5.41, 5.74) is 13.1. The zero-order valence-electron chi connectivity index (χ0n) is 22.1. The predicted molar refractivity (Wildman–Crippen MR) is 154 cm³/mol. The minimum Gasteiger partial charge on any atom is -0.372 e. The van der Waals surface area contributed by atoms with E-state index in [9.17, 15) is 0 Å². The van der Waals surface area contributed by atoms with Gasteiger partial charge in [0.1, 0.15) is 0 Å². The standard InChI is InChI=1S/C35H34N2/c1-5-31(36(4)23(2)3)28-21-25(24-13-7-6-8-14-24)18-19-26(28)22-30-33-34-35(30,33)29-16-10-9-15-27(29)32-17-11-12-20-37(32)34/h5-21,23,32,34H,22H2,1-4H3/b31-5-. The van der Waals surface area contributed by atoms with Crippen LogP contribution in [0.2, 0.25) is 0 Å². The average Bonchev–Trinajstić information content (AvgIpc) is 3.82. The Hall–Kier alpha value is -3.78. The molecule has 0 N–H and O–H groups in total. The number of rotatable bonds is 6. The third-order valence-electron chi connectivity index (χ3n) is 9.04. The van der Waals surface area contributed by atoms with Crippen molar-refractivity contribution in [2.75, 3.05) is 7.05 Å². The van der Waals surface area contributed by atoms with Crippen molar-refractivity contribution in [2.45, 2.75) is 50.7 Å². The van der Waals surface area contributed by atoms with E-state index >= 15 is 0 Å². The smallest absolute Gasteiger partial charge is 0.0734 e. The lowest BCUT2D eigenvalue weighted by Crippen LogP contribution is -2.38. The van der Waals surface area contributed by atoms with Gasteiger partial charge in [-0.15, -0.1) is 0 Å². The quantitative estimate of drug-likeness (QED) is 0.333. The van der Waals surface area contributed by atoms with Gasteiger partial charge in [0, 0.05) is 30.5 Å². The maximum absolute atomic E-state index is 2.59. The van der Waals surface area contributed by atoms with Crippen LogP contribution in [0.15, 0.2) is 114 Å². The Morgan fingerprint density at radius 1 is 0.973 bits per heavy atom. The van der Waals surface area contributed by atoms with Crippen molar-refractivity contribution in [1.82, 2.24) is 9.80 Å². The molecule has 0 saturated heterocycles. The van der Waals surface area contributed by atoms with Crippen molar-refractivity contribution in [3.63, 3.8) is 0 Å². The van der Waals surface area contributed by atoms with Crippen LogP contribution in [0.1, 0.15) is 49.1 Å². The Morgan fingerprint density at radius 3 is 2.54 bits per heavy atom.